The first-order chi connectivity index (χ1) is 10.1. The lowest BCUT2D eigenvalue weighted by Crippen LogP contribution is -2.27. The lowest BCUT2D eigenvalue weighted by atomic mass is 9.82. The molecule has 0 bridgehead atoms. The first-order valence-corrected chi connectivity index (χ1v) is 8.04. The van der Waals surface area contributed by atoms with Crippen molar-refractivity contribution in [3.63, 3.8) is 0 Å². The SMILES string of the molecule is NC1CCC(CC(=O)c2ccc3c(c2)CCC(=O)C3)CC1. The van der Waals surface area contributed by atoms with Gasteiger partial charge in [-0.2, -0.15) is 0 Å². The number of benzene rings is 1. The highest BCUT2D eigenvalue weighted by Crippen LogP contribution is 2.28. The molecule has 0 spiro atoms. The van der Waals surface area contributed by atoms with E-state index < -0.39 is 0 Å². The van der Waals surface area contributed by atoms with Crippen molar-refractivity contribution in [2.45, 2.75) is 57.4 Å². The van der Waals surface area contributed by atoms with Crippen LogP contribution in [0.25, 0.3) is 0 Å². The molecule has 3 heteroatoms. The zero-order chi connectivity index (χ0) is 14.8. The van der Waals surface area contributed by atoms with Crippen LogP contribution >= 0.6 is 0 Å². The normalized spacial score (nSPS) is 25.5. The maximum atomic E-state index is 12.4. The zero-order valence-corrected chi connectivity index (χ0v) is 12.4. The van der Waals surface area contributed by atoms with Gasteiger partial charge in [0.05, 0.1) is 0 Å². The minimum Gasteiger partial charge on any atom is -0.328 e. The van der Waals surface area contributed by atoms with E-state index >= 15 is 0 Å². The minimum atomic E-state index is 0.246. The number of aryl methyl sites for hydroxylation is 1. The molecule has 112 valence electrons. The standard InChI is InChI=1S/C18H23NO2/c19-16-6-1-12(2-7-16)9-18(21)15-4-3-14-11-17(20)8-5-13(14)10-15/h3-4,10,12,16H,1-2,5-9,11,19H2. The third-order valence-electron chi connectivity index (χ3n) is 4.95. The highest BCUT2D eigenvalue weighted by molar-refractivity contribution is 5.96. The largest absolute Gasteiger partial charge is 0.328 e. The van der Waals surface area contributed by atoms with Crippen LogP contribution in [0.5, 0.6) is 0 Å². The molecule has 0 radical (unpaired) electrons. The molecular formula is C18H23NO2. The summed E-state index contributed by atoms with van der Waals surface area (Å²) in [5, 5.41) is 0. The Hall–Kier alpha value is -1.48. The second kappa shape index (κ2) is 6.10. The number of rotatable bonds is 3. The average molecular weight is 285 g/mol. The van der Waals surface area contributed by atoms with E-state index in [4.69, 9.17) is 5.73 Å². The molecule has 21 heavy (non-hydrogen) atoms. The maximum absolute atomic E-state index is 12.4. The molecule has 1 aromatic rings. The Balaban J connectivity index is 1.66. The van der Waals surface area contributed by atoms with Crippen LogP contribution in [0, 0.1) is 5.92 Å². The molecular weight excluding hydrogens is 262 g/mol. The van der Waals surface area contributed by atoms with E-state index in [-0.39, 0.29) is 5.78 Å². The van der Waals surface area contributed by atoms with Gasteiger partial charge < -0.3 is 5.73 Å². The molecule has 1 saturated carbocycles. The van der Waals surface area contributed by atoms with Crippen LogP contribution in [0.4, 0.5) is 0 Å². The van der Waals surface area contributed by atoms with Crippen molar-refractivity contribution in [1.29, 1.82) is 0 Å². The van der Waals surface area contributed by atoms with Gasteiger partial charge in [0.1, 0.15) is 5.78 Å². The van der Waals surface area contributed by atoms with Gasteiger partial charge in [0.25, 0.3) is 0 Å². The van der Waals surface area contributed by atoms with Crippen molar-refractivity contribution in [2.75, 3.05) is 0 Å². The number of Topliss-reactive ketones (excluding diaryl/α,β-unsaturated/α-hetero) is 2. The van der Waals surface area contributed by atoms with Gasteiger partial charge in [-0.05, 0) is 55.2 Å². The number of carbonyl (C=O) groups is 2. The second-order valence-corrected chi connectivity index (χ2v) is 6.61. The van der Waals surface area contributed by atoms with Crippen molar-refractivity contribution in [3.05, 3.63) is 34.9 Å². The Bertz CT molecular complexity index is 556. The van der Waals surface area contributed by atoms with Crippen molar-refractivity contribution in [3.8, 4) is 0 Å². The van der Waals surface area contributed by atoms with Crippen molar-refractivity contribution >= 4 is 11.6 Å². The predicted octanol–water partition coefficient (Wildman–Crippen LogP) is 2.83. The van der Waals surface area contributed by atoms with E-state index in [1.807, 2.05) is 18.2 Å². The van der Waals surface area contributed by atoms with Crippen LogP contribution in [-0.2, 0) is 17.6 Å². The van der Waals surface area contributed by atoms with Gasteiger partial charge in [0, 0.05) is 30.9 Å². The topological polar surface area (TPSA) is 60.2 Å². The van der Waals surface area contributed by atoms with Crippen LogP contribution in [0.2, 0.25) is 0 Å². The second-order valence-electron chi connectivity index (χ2n) is 6.61. The number of nitrogens with two attached hydrogens (primary N) is 1. The fourth-order valence-corrected chi connectivity index (χ4v) is 3.55. The molecule has 0 atom stereocenters. The van der Waals surface area contributed by atoms with Crippen molar-refractivity contribution in [1.82, 2.24) is 0 Å². The van der Waals surface area contributed by atoms with Gasteiger partial charge in [-0.15, -0.1) is 0 Å². The average Bonchev–Trinajstić information content (AvgIpc) is 2.49. The van der Waals surface area contributed by atoms with Crippen LogP contribution in [0.15, 0.2) is 18.2 Å². The number of carbonyl (C=O) groups excluding carboxylic acids is 2. The van der Waals surface area contributed by atoms with Gasteiger partial charge in [0.2, 0.25) is 0 Å². The van der Waals surface area contributed by atoms with Crippen molar-refractivity contribution in [2.24, 2.45) is 11.7 Å². The molecule has 2 N–H and O–H groups in total. The van der Waals surface area contributed by atoms with E-state index in [1.165, 1.54) is 5.56 Å². The highest BCUT2D eigenvalue weighted by Gasteiger charge is 2.22. The molecule has 0 amide bonds. The molecule has 0 heterocycles. The summed E-state index contributed by atoms with van der Waals surface area (Å²) in [6.45, 7) is 0. The summed E-state index contributed by atoms with van der Waals surface area (Å²) in [4.78, 5) is 23.9. The Kier molecular flexibility index (Phi) is 4.20. The number of hydrogen-bond donors (Lipinski definition) is 1. The zero-order valence-electron chi connectivity index (χ0n) is 12.4. The molecule has 3 rings (SSSR count). The number of fused-ring (bicyclic) bond motifs is 1. The molecule has 1 aromatic carbocycles. The third kappa shape index (κ3) is 3.41. The summed E-state index contributed by atoms with van der Waals surface area (Å²) >= 11 is 0. The maximum Gasteiger partial charge on any atom is 0.163 e. The summed E-state index contributed by atoms with van der Waals surface area (Å²) in [6, 6.07) is 6.21. The van der Waals surface area contributed by atoms with E-state index in [1.54, 1.807) is 0 Å². The van der Waals surface area contributed by atoms with E-state index in [2.05, 4.69) is 0 Å². The summed E-state index contributed by atoms with van der Waals surface area (Å²) in [6.07, 6.45) is 6.82. The molecule has 0 aromatic heterocycles. The molecule has 2 aliphatic rings. The van der Waals surface area contributed by atoms with Crippen LogP contribution in [0.1, 0.15) is 60.0 Å². The van der Waals surface area contributed by atoms with Crippen LogP contribution in [0.3, 0.4) is 0 Å². The molecule has 0 saturated heterocycles. The van der Waals surface area contributed by atoms with E-state index in [0.717, 1.165) is 43.2 Å². The Morgan fingerprint density at radius 1 is 1.10 bits per heavy atom. The van der Waals surface area contributed by atoms with Gasteiger partial charge in [-0.25, -0.2) is 0 Å². The Morgan fingerprint density at radius 2 is 1.86 bits per heavy atom. The summed E-state index contributed by atoms with van der Waals surface area (Å²) in [7, 11) is 0. The third-order valence-corrected chi connectivity index (χ3v) is 4.95. The first-order valence-electron chi connectivity index (χ1n) is 8.04. The van der Waals surface area contributed by atoms with Gasteiger partial charge in [-0.3, -0.25) is 9.59 Å². The number of hydrogen-bond acceptors (Lipinski definition) is 3. The Morgan fingerprint density at radius 3 is 2.62 bits per heavy atom. The minimum absolute atomic E-state index is 0.246. The summed E-state index contributed by atoms with van der Waals surface area (Å²) < 4.78 is 0. The predicted molar refractivity (Wildman–Crippen MR) is 82.4 cm³/mol. The fourth-order valence-electron chi connectivity index (χ4n) is 3.55. The quantitative estimate of drug-likeness (QED) is 0.869. The van der Waals surface area contributed by atoms with Crippen LogP contribution in [-0.4, -0.2) is 17.6 Å². The highest BCUT2D eigenvalue weighted by atomic mass is 16.1. The lowest BCUT2D eigenvalue weighted by molar-refractivity contribution is -0.118. The van der Waals surface area contributed by atoms with E-state index in [0.29, 0.717) is 37.0 Å². The molecule has 0 unspecified atom stereocenters. The van der Waals surface area contributed by atoms with Gasteiger partial charge in [-0.1, -0.05) is 12.1 Å². The molecule has 3 nitrogen and oxygen atoms in total. The molecule has 2 aliphatic carbocycles. The number of ketones is 2. The van der Waals surface area contributed by atoms with Crippen LogP contribution < -0.4 is 5.73 Å². The molecule has 0 aliphatic heterocycles. The smallest absolute Gasteiger partial charge is 0.163 e. The molecule has 1 fully saturated rings. The summed E-state index contributed by atoms with van der Waals surface area (Å²) in [5.41, 5.74) is 9.02. The van der Waals surface area contributed by atoms with Gasteiger partial charge in [0.15, 0.2) is 5.78 Å². The Labute approximate surface area is 125 Å². The lowest BCUT2D eigenvalue weighted by Gasteiger charge is -2.25. The summed E-state index contributed by atoms with van der Waals surface area (Å²) in [5.74, 6) is 1.05. The monoisotopic (exact) mass is 285 g/mol. The van der Waals surface area contributed by atoms with E-state index in [9.17, 15) is 9.59 Å². The van der Waals surface area contributed by atoms with Crippen molar-refractivity contribution < 1.29 is 9.59 Å². The van der Waals surface area contributed by atoms with Gasteiger partial charge >= 0.3 is 0 Å². The fraction of sp³-hybridized carbons (Fsp3) is 0.556. The first kappa shape index (κ1) is 14.5.